The van der Waals surface area contributed by atoms with Gasteiger partial charge in [0.1, 0.15) is 17.0 Å². The molecule has 1 N–H and O–H groups in total. The summed E-state index contributed by atoms with van der Waals surface area (Å²) < 4.78 is 0. The molecule has 0 amide bonds. The van der Waals surface area contributed by atoms with Gasteiger partial charge in [-0.15, -0.1) is 22.9 Å². The Labute approximate surface area is 133 Å². The zero-order valence-electron chi connectivity index (χ0n) is 12.0. The van der Waals surface area contributed by atoms with E-state index in [1.165, 1.54) is 16.0 Å². The summed E-state index contributed by atoms with van der Waals surface area (Å²) in [5.74, 6) is 1.46. The van der Waals surface area contributed by atoms with E-state index in [0.717, 1.165) is 28.1 Å². The molecule has 0 saturated heterocycles. The van der Waals surface area contributed by atoms with E-state index >= 15 is 0 Å². The summed E-state index contributed by atoms with van der Waals surface area (Å²) >= 11 is 7.52. The predicted octanol–water partition coefficient (Wildman–Crippen LogP) is 4.66. The van der Waals surface area contributed by atoms with Gasteiger partial charge in [-0.3, -0.25) is 0 Å². The fourth-order valence-electron chi connectivity index (χ4n) is 2.25. The summed E-state index contributed by atoms with van der Waals surface area (Å²) in [4.78, 5) is 11.1. The number of nitrogens with one attached hydrogen (secondary N) is 1. The third-order valence-electron chi connectivity index (χ3n) is 3.60. The molecule has 108 valence electrons. The van der Waals surface area contributed by atoms with Gasteiger partial charge in [-0.05, 0) is 30.5 Å². The highest BCUT2D eigenvalue weighted by molar-refractivity contribution is 7.18. The molecule has 0 saturated carbocycles. The van der Waals surface area contributed by atoms with Gasteiger partial charge in [0.05, 0.1) is 5.39 Å². The van der Waals surface area contributed by atoms with Crippen LogP contribution in [0.25, 0.3) is 10.2 Å². The number of alkyl halides is 1. The lowest BCUT2D eigenvalue weighted by atomic mass is 10.1. The number of anilines is 1. The van der Waals surface area contributed by atoms with E-state index < -0.39 is 0 Å². The van der Waals surface area contributed by atoms with Gasteiger partial charge in [-0.1, -0.05) is 24.3 Å². The van der Waals surface area contributed by atoms with Crippen molar-refractivity contribution in [3.63, 3.8) is 0 Å². The van der Waals surface area contributed by atoms with Gasteiger partial charge in [-0.25, -0.2) is 9.97 Å². The summed E-state index contributed by atoms with van der Waals surface area (Å²) in [6.07, 6.45) is 1.62. The molecular formula is C16H16ClN3S. The van der Waals surface area contributed by atoms with Crippen molar-refractivity contribution in [2.24, 2.45) is 0 Å². The highest BCUT2D eigenvalue weighted by Gasteiger charge is 2.11. The van der Waals surface area contributed by atoms with Crippen molar-refractivity contribution in [3.8, 4) is 0 Å². The topological polar surface area (TPSA) is 37.8 Å². The number of fused-ring (bicyclic) bond motifs is 1. The van der Waals surface area contributed by atoms with Gasteiger partial charge in [0.15, 0.2) is 0 Å². The maximum atomic E-state index is 5.81. The number of benzene rings is 1. The van der Waals surface area contributed by atoms with E-state index in [2.05, 4.69) is 53.4 Å². The minimum atomic E-state index is 0.549. The van der Waals surface area contributed by atoms with Crippen LogP contribution in [0.15, 0.2) is 30.6 Å². The van der Waals surface area contributed by atoms with E-state index in [4.69, 9.17) is 11.6 Å². The molecule has 0 bridgehead atoms. The van der Waals surface area contributed by atoms with Gasteiger partial charge in [0.25, 0.3) is 0 Å². The molecule has 21 heavy (non-hydrogen) atoms. The number of halogens is 1. The van der Waals surface area contributed by atoms with Crippen LogP contribution >= 0.6 is 22.9 Å². The van der Waals surface area contributed by atoms with Gasteiger partial charge in [0, 0.05) is 17.3 Å². The normalized spacial score (nSPS) is 11.0. The molecule has 3 nitrogen and oxygen atoms in total. The van der Waals surface area contributed by atoms with Crippen LogP contribution in [0.5, 0.6) is 0 Å². The zero-order chi connectivity index (χ0) is 14.8. The Hall–Kier alpha value is -1.65. The second-order valence-corrected chi connectivity index (χ2v) is 6.46. The Morgan fingerprint density at radius 1 is 1.10 bits per heavy atom. The number of thiophene rings is 1. The largest absolute Gasteiger partial charge is 0.365 e. The highest BCUT2D eigenvalue weighted by Crippen LogP contribution is 2.32. The average Bonchev–Trinajstić information content (AvgIpc) is 2.81. The van der Waals surface area contributed by atoms with Crippen LogP contribution in [0.2, 0.25) is 0 Å². The lowest BCUT2D eigenvalue weighted by molar-refractivity contribution is 1.10. The van der Waals surface area contributed by atoms with Crippen LogP contribution in [-0.4, -0.2) is 9.97 Å². The fourth-order valence-corrected chi connectivity index (χ4v) is 3.42. The Kier molecular flexibility index (Phi) is 4.08. The second kappa shape index (κ2) is 6.00. The Balaban J connectivity index is 1.84. The van der Waals surface area contributed by atoms with Gasteiger partial charge < -0.3 is 5.32 Å². The molecule has 2 aromatic heterocycles. The maximum Gasteiger partial charge on any atom is 0.138 e. The number of rotatable bonds is 4. The van der Waals surface area contributed by atoms with E-state index in [0.29, 0.717) is 5.88 Å². The maximum absolute atomic E-state index is 5.81. The Bertz CT molecular complexity index is 765. The SMILES string of the molecule is Cc1sc2ncnc(NCc3ccc(CCl)cc3)c2c1C. The van der Waals surface area contributed by atoms with Crippen LogP contribution in [0.1, 0.15) is 21.6 Å². The summed E-state index contributed by atoms with van der Waals surface area (Å²) in [6.45, 7) is 4.98. The fraction of sp³-hybridized carbons (Fsp3) is 0.250. The smallest absolute Gasteiger partial charge is 0.138 e. The van der Waals surface area contributed by atoms with Gasteiger partial charge in [-0.2, -0.15) is 0 Å². The van der Waals surface area contributed by atoms with Crippen molar-refractivity contribution in [1.82, 2.24) is 9.97 Å². The third-order valence-corrected chi connectivity index (χ3v) is 5.03. The molecule has 0 fully saturated rings. The summed E-state index contributed by atoms with van der Waals surface area (Å²) in [7, 11) is 0. The van der Waals surface area contributed by atoms with E-state index in [9.17, 15) is 0 Å². The molecule has 5 heteroatoms. The molecule has 0 unspecified atom stereocenters. The van der Waals surface area contributed by atoms with Crippen LogP contribution < -0.4 is 5.32 Å². The number of nitrogens with zero attached hydrogens (tertiary/aromatic N) is 2. The van der Waals surface area contributed by atoms with Crippen molar-refractivity contribution in [1.29, 1.82) is 0 Å². The first kappa shape index (κ1) is 14.3. The molecule has 0 spiro atoms. The average molecular weight is 318 g/mol. The Morgan fingerprint density at radius 3 is 2.52 bits per heavy atom. The van der Waals surface area contributed by atoms with Crippen LogP contribution in [-0.2, 0) is 12.4 Å². The van der Waals surface area contributed by atoms with Gasteiger partial charge >= 0.3 is 0 Å². The molecule has 2 heterocycles. The van der Waals surface area contributed by atoms with Crippen molar-refractivity contribution >= 4 is 39.0 Å². The van der Waals surface area contributed by atoms with Crippen LogP contribution in [0.4, 0.5) is 5.82 Å². The third kappa shape index (κ3) is 2.87. The quantitative estimate of drug-likeness (QED) is 0.711. The summed E-state index contributed by atoms with van der Waals surface area (Å²) in [5.41, 5.74) is 3.60. The van der Waals surface area contributed by atoms with Crippen molar-refractivity contribution in [2.45, 2.75) is 26.3 Å². The van der Waals surface area contributed by atoms with Gasteiger partial charge in [0.2, 0.25) is 0 Å². The molecule has 0 radical (unpaired) electrons. The van der Waals surface area contributed by atoms with Crippen molar-refractivity contribution < 1.29 is 0 Å². The first-order valence-electron chi connectivity index (χ1n) is 6.77. The number of hydrogen-bond donors (Lipinski definition) is 1. The number of hydrogen-bond acceptors (Lipinski definition) is 4. The molecule has 0 atom stereocenters. The molecule has 3 aromatic rings. The summed E-state index contributed by atoms with van der Waals surface area (Å²) in [5, 5.41) is 4.55. The van der Waals surface area contributed by atoms with Crippen molar-refractivity contribution in [3.05, 3.63) is 52.2 Å². The second-order valence-electron chi connectivity index (χ2n) is 4.99. The first-order valence-corrected chi connectivity index (χ1v) is 8.12. The van der Waals surface area contributed by atoms with E-state index in [-0.39, 0.29) is 0 Å². The first-order chi connectivity index (χ1) is 10.2. The van der Waals surface area contributed by atoms with Crippen LogP contribution in [0.3, 0.4) is 0 Å². The molecule has 3 rings (SSSR count). The molecule has 0 aliphatic rings. The van der Waals surface area contributed by atoms with E-state index in [1.807, 2.05) is 0 Å². The van der Waals surface area contributed by atoms with Crippen LogP contribution in [0, 0.1) is 13.8 Å². The number of aryl methyl sites for hydroxylation is 2. The minimum absolute atomic E-state index is 0.549. The lowest BCUT2D eigenvalue weighted by Gasteiger charge is -2.08. The molecule has 1 aromatic carbocycles. The predicted molar refractivity (Wildman–Crippen MR) is 90.2 cm³/mol. The van der Waals surface area contributed by atoms with E-state index in [1.54, 1.807) is 17.7 Å². The standard InChI is InChI=1S/C16H16ClN3S/c1-10-11(2)21-16-14(10)15(19-9-20-16)18-8-13-5-3-12(7-17)4-6-13/h3-6,9H,7-8H2,1-2H3,(H,18,19,20). The summed E-state index contributed by atoms with van der Waals surface area (Å²) in [6, 6.07) is 8.29. The molecular weight excluding hydrogens is 302 g/mol. The lowest BCUT2D eigenvalue weighted by Crippen LogP contribution is -2.02. The minimum Gasteiger partial charge on any atom is -0.365 e. The monoisotopic (exact) mass is 317 g/mol. The molecule has 0 aliphatic heterocycles. The van der Waals surface area contributed by atoms with Crippen molar-refractivity contribution in [2.75, 3.05) is 5.32 Å². The number of aromatic nitrogens is 2. The highest BCUT2D eigenvalue weighted by atomic mass is 35.5. The molecule has 0 aliphatic carbocycles. The Morgan fingerprint density at radius 2 is 1.81 bits per heavy atom. The zero-order valence-corrected chi connectivity index (χ0v) is 13.6.